The van der Waals surface area contributed by atoms with Gasteiger partial charge in [-0.1, -0.05) is 35.0 Å². The van der Waals surface area contributed by atoms with Gasteiger partial charge in [-0.15, -0.1) is 0 Å². The van der Waals surface area contributed by atoms with E-state index in [1.165, 1.54) is 6.21 Å². The summed E-state index contributed by atoms with van der Waals surface area (Å²) in [5.74, 6) is -0.495. The number of hydrogen-bond acceptors (Lipinski definition) is 4. The molecule has 0 radical (unpaired) electrons. The monoisotopic (exact) mass is 371 g/mol. The van der Waals surface area contributed by atoms with E-state index in [4.69, 9.17) is 16.4 Å². The second kappa shape index (κ2) is 8.49. The molecule has 0 aliphatic heterocycles. The molecule has 0 heterocycles. The molecule has 6 nitrogen and oxygen atoms in total. The van der Waals surface area contributed by atoms with E-state index in [0.717, 1.165) is 18.4 Å². The van der Waals surface area contributed by atoms with Crippen LogP contribution in [0.2, 0.25) is 5.02 Å². The second-order valence-corrected chi connectivity index (χ2v) is 6.37. The van der Waals surface area contributed by atoms with E-state index < -0.39 is 0 Å². The predicted molar refractivity (Wildman–Crippen MR) is 101 cm³/mol. The molecule has 2 amide bonds. The quantitative estimate of drug-likeness (QED) is 0.579. The molecule has 2 N–H and O–H groups in total. The van der Waals surface area contributed by atoms with Gasteiger partial charge < -0.3 is 15.5 Å². The van der Waals surface area contributed by atoms with Gasteiger partial charge in [-0.25, -0.2) is 0 Å². The molecule has 3 rings (SSSR count). The Hall–Kier alpha value is -2.86. The highest BCUT2D eigenvalue weighted by Gasteiger charge is 2.23. The minimum Gasteiger partial charge on any atom is -0.386 e. The summed E-state index contributed by atoms with van der Waals surface area (Å²) in [5.41, 5.74) is 1.85. The zero-order valence-corrected chi connectivity index (χ0v) is 14.7. The number of halogens is 1. The highest BCUT2D eigenvalue weighted by atomic mass is 35.5. The van der Waals surface area contributed by atoms with E-state index >= 15 is 0 Å². The molecule has 0 bridgehead atoms. The summed E-state index contributed by atoms with van der Waals surface area (Å²) in [6.45, 7) is -0.234. The van der Waals surface area contributed by atoms with Crippen LogP contribution in [0.25, 0.3) is 0 Å². The number of rotatable bonds is 7. The van der Waals surface area contributed by atoms with Gasteiger partial charge in [-0.3, -0.25) is 9.59 Å². The Bertz CT molecular complexity index is 817. The van der Waals surface area contributed by atoms with E-state index in [9.17, 15) is 9.59 Å². The first-order valence-electron chi connectivity index (χ1n) is 8.22. The summed E-state index contributed by atoms with van der Waals surface area (Å²) in [6.07, 6.45) is 3.54. The van der Waals surface area contributed by atoms with Gasteiger partial charge in [0.1, 0.15) is 0 Å². The van der Waals surface area contributed by atoms with Crippen molar-refractivity contribution in [2.45, 2.75) is 18.9 Å². The van der Waals surface area contributed by atoms with Crippen LogP contribution < -0.4 is 10.6 Å². The summed E-state index contributed by atoms with van der Waals surface area (Å²) >= 11 is 5.80. The van der Waals surface area contributed by atoms with Gasteiger partial charge in [0, 0.05) is 22.3 Å². The lowest BCUT2D eigenvalue weighted by atomic mass is 10.2. The van der Waals surface area contributed by atoms with E-state index in [1.807, 2.05) is 0 Å². The number of carbonyl (C=O) groups is 2. The van der Waals surface area contributed by atoms with Crippen LogP contribution in [0.5, 0.6) is 0 Å². The van der Waals surface area contributed by atoms with E-state index in [0.29, 0.717) is 16.3 Å². The average molecular weight is 372 g/mol. The largest absolute Gasteiger partial charge is 0.386 e. The molecular weight excluding hydrogens is 354 g/mol. The van der Waals surface area contributed by atoms with Crippen molar-refractivity contribution in [1.29, 1.82) is 0 Å². The van der Waals surface area contributed by atoms with Crippen LogP contribution in [0, 0.1) is 0 Å². The Balaban J connectivity index is 1.46. The van der Waals surface area contributed by atoms with Crippen molar-refractivity contribution in [3.63, 3.8) is 0 Å². The highest BCUT2D eigenvalue weighted by Crippen LogP contribution is 2.20. The SMILES string of the molecule is O=C(CO/N=C/c1ccc(Cl)cc1)Nc1cccc(C(=O)NC2CC2)c1. The fourth-order valence-corrected chi connectivity index (χ4v) is 2.30. The van der Waals surface area contributed by atoms with Gasteiger partial charge in [0.2, 0.25) is 0 Å². The summed E-state index contributed by atoms with van der Waals surface area (Å²) in [7, 11) is 0. The van der Waals surface area contributed by atoms with Crippen molar-refractivity contribution in [3.8, 4) is 0 Å². The van der Waals surface area contributed by atoms with Crippen molar-refractivity contribution in [1.82, 2.24) is 5.32 Å². The molecule has 1 saturated carbocycles. The standard InChI is InChI=1S/C19H18ClN3O3/c20-15-6-4-13(5-7-15)11-21-26-12-18(24)22-17-3-1-2-14(10-17)19(25)23-16-8-9-16/h1-7,10-11,16H,8-9,12H2,(H,22,24)(H,23,25)/b21-11+. The lowest BCUT2D eigenvalue weighted by Gasteiger charge is -2.07. The first-order chi connectivity index (χ1) is 12.6. The van der Waals surface area contributed by atoms with Crippen molar-refractivity contribution in [3.05, 3.63) is 64.7 Å². The van der Waals surface area contributed by atoms with E-state index in [2.05, 4.69) is 15.8 Å². The first kappa shape index (κ1) is 17.9. The molecule has 7 heteroatoms. The number of nitrogens with one attached hydrogen (secondary N) is 2. The third-order valence-corrected chi connectivity index (χ3v) is 3.92. The Morgan fingerprint density at radius 2 is 1.96 bits per heavy atom. The van der Waals surface area contributed by atoms with Gasteiger partial charge in [0.25, 0.3) is 11.8 Å². The number of oxime groups is 1. The molecule has 1 aliphatic rings. The van der Waals surface area contributed by atoms with Gasteiger partial charge in [-0.2, -0.15) is 0 Å². The van der Waals surface area contributed by atoms with Crippen molar-refractivity contribution < 1.29 is 14.4 Å². The van der Waals surface area contributed by atoms with Crippen molar-refractivity contribution >= 4 is 35.3 Å². The first-order valence-corrected chi connectivity index (χ1v) is 8.59. The summed E-state index contributed by atoms with van der Waals surface area (Å²) in [6, 6.07) is 14.1. The highest BCUT2D eigenvalue weighted by molar-refractivity contribution is 6.30. The lowest BCUT2D eigenvalue weighted by Crippen LogP contribution is -2.25. The molecule has 0 spiro atoms. The van der Waals surface area contributed by atoms with Gasteiger partial charge in [-0.05, 0) is 48.7 Å². The molecule has 0 aromatic heterocycles. The maximum Gasteiger partial charge on any atom is 0.265 e. The Morgan fingerprint density at radius 1 is 1.19 bits per heavy atom. The molecule has 2 aromatic rings. The summed E-state index contributed by atoms with van der Waals surface area (Å²) < 4.78 is 0. The maximum atomic E-state index is 12.0. The van der Waals surface area contributed by atoms with E-state index in [-0.39, 0.29) is 24.5 Å². The van der Waals surface area contributed by atoms with Crippen LogP contribution in [0.1, 0.15) is 28.8 Å². The van der Waals surface area contributed by atoms with Gasteiger partial charge in [0.05, 0.1) is 6.21 Å². The number of anilines is 1. The second-order valence-electron chi connectivity index (χ2n) is 5.94. The molecule has 1 fully saturated rings. The minimum atomic E-state index is -0.363. The van der Waals surface area contributed by atoms with Crippen LogP contribution in [0.15, 0.2) is 53.7 Å². The third-order valence-electron chi connectivity index (χ3n) is 3.66. The van der Waals surface area contributed by atoms with Crippen LogP contribution >= 0.6 is 11.6 Å². The van der Waals surface area contributed by atoms with Gasteiger partial charge >= 0.3 is 0 Å². The van der Waals surface area contributed by atoms with Crippen LogP contribution in [-0.2, 0) is 9.63 Å². The smallest absolute Gasteiger partial charge is 0.265 e. The molecule has 0 unspecified atom stereocenters. The molecule has 2 aromatic carbocycles. The van der Waals surface area contributed by atoms with Crippen molar-refractivity contribution in [2.75, 3.05) is 11.9 Å². The minimum absolute atomic E-state index is 0.132. The van der Waals surface area contributed by atoms with Crippen LogP contribution in [0.4, 0.5) is 5.69 Å². The number of benzene rings is 2. The summed E-state index contributed by atoms with van der Waals surface area (Å²) in [4.78, 5) is 28.9. The zero-order chi connectivity index (χ0) is 18.4. The molecule has 0 atom stereocenters. The molecule has 1 aliphatic carbocycles. The predicted octanol–water partition coefficient (Wildman–Crippen LogP) is 3.22. The zero-order valence-electron chi connectivity index (χ0n) is 13.9. The fourth-order valence-electron chi connectivity index (χ4n) is 2.17. The van der Waals surface area contributed by atoms with Gasteiger partial charge in [0.15, 0.2) is 6.61 Å². The molecule has 26 heavy (non-hydrogen) atoms. The van der Waals surface area contributed by atoms with Crippen LogP contribution in [0.3, 0.4) is 0 Å². The van der Waals surface area contributed by atoms with E-state index in [1.54, 1.807) is 48.5 Å². The lowest BCUT2D eigenvalue weighted by molar-refractivity contribution is -0.120. The Kier molecular flexibility index (Phi) is 5.86. The normalized spacial score (nSPS) is 13.4. The number of carbonyl (C=O) groups excluding carboxylic acids is 2. The Morgan fingerprint density at radius 3 is 2.69 bits per heavy atom. The molecular formula is C19H18ClN3O3. The van der Waals surface area contributed by atoms with Crippen molar-refractivity contribution in [2.24, 2.45) is 5.16 Å². The molecule has 0 saturated heterocycles. The number of hydrogen-bond donors (Lipinski definition) is 2. The Labute approximate surface area is 156 Å². The fraction of sp³-hybridized carbons (Fsp3) is 0.211. The number of amides is 2. The third kappa shape index (κ3) is 5.60. The van der Waals surface area contributed by atoms with Crippen LogP contribution in [-0.4, -0.2) is 30.7 Å². The topological polar surface area (TPSA) is 79.8 Å². The molecule has 134 valence electrons. The maximum absolute atomic E-state index is 12.0. The average Bonchev–Trinajstić information content (AvgIpc) is 3.44. The number of nitrogens with zero attached hydrogens (tertiary/aromatic N) is 1. The summed E-state index contributed by atoms with van der Waals surface area (Å²) in [5, 5.41) is 9.96.